The van der Waals surface area contributed by atoms with Crippen LogP contribution in [-0.4, -0.2) is 34.9 Å². The molecule has 0 unspecified atom stereocenters. The van der Waals surface area contributed by atoms with Crippen molar-refractivity contribution in [2.75, 3.05) is 12.9 Å². The summed E-state index contributed by atoms with van der Waals surface area (Å²) in [5.74, 6) is -0.820. The Hall–Kier alpha value is -2.08. The van der Waals surface area contributed by atoms with Crippen molar-refractivity contribution in [3.63, 3.8) is 0 Å². The van der Waals surface area contributed by atoms with Crippen molar-refractivity contribution in [2.24, 2.45) is 0 Å². The smallest absolute Gasteiger partial charge is 0.354 e. The molecule has 5 nitrogen and oxygen atoms in total. The number of carbonyl (C=O) groups is 2. The minimum atomic E-state index is -1.06. The van der Waals surface area contributed by atoms with Crippen LogP contribution in [0.1, 0.15) is 16.9 Å². The minimum Gasteiger partial charge on any atom is -0.477 e. The molecule has 104 valence electrons. The van der Waals surface area contributed by atoms with Gasteiger partial charge in [-0.15, -0.1) is 11.8 Å². The number of carbonyl (C=O) groups excluding carboxylic acids is 1. The van der Waals surface area contributed by atoms with Gasteiger partial charge in [-0.05, 0) is 12.1 Å². The number of fused-ring (bicyclic) bond motifs is 1. The summed E-state index contributed by atoms with van der Waals surface area (Å²) in [6.07, 6.45) is 0.278. The van der Waals surface area contributed by atoms with Crippen LogP contribution in [-0.2, 0) is 9.53 Å². The lowest BCUT2D eigenvalue weighted by molar-refractivity contribution is -0.140. The SMILES string of the molecule is COC(=O)CCSc1cc(C(=O)O)nc2ccccc12. The van der Waals surface area contributed by atoms with E-state index in [2.05, 4.69) is 9.72 Å². The molecule has 20 heavy (non-hydrogen) atoms. The Labute approximate surface area is 120 Å². The van der Waals surface area contributed by atoms with Gasteiger partial charge in [-0.25, -0.2) is 9.78 Å². The number of esters is 1. The van der Waals surface area contributed by atoms with Crippen LogP contribution in [0.2, 0.25) is 0 Å². The first-order valence-corrected chi connectivity index (χ1v) is 6.93. The summed E-state index contributed by atoms with van der Waals surface area (Å²) in [5, 5.41) is 9.96. The number of methoxy groups -OCH3 is 1. The first-order chi connectivity index (χ1) is 9.61. The van der Waals surface area contributed by atoms with Gasteiger partial charge in [-0.1, -0.05) is 18.2 Å². The third-order valence-electron chi connectivity index (χ3n) is 2.69. The molecule has 0 saturated carbocycles. The van der Waals surface area contributed by atoms with Gasteiger partial charge < -0.3 is 9.84 Å². The Morgan fingerprint density at radius 1 is 1.35 bits per heavy atom. The van der Waals surface area contributed by atoms with E-state index in [4.69, 9.17) is 5.11 Å². The summed E-state index contributed by atoms with van der Waals surface area (Å²) in [5.41, 5.74) is 0.636. The van der Waals surface area contributed by atoms with Crippen LogP contribution < -0.4 is 0 Å². The molecule has 0 aliphatic carbocycles. The number of aromatic nitrogens is 1. The Kier molecular flexibility index (Phi) is 4.57. The highest BCUT2D eigenvalue weighted by Gasteiger charge is 2.11. The van der Waals surface area contributed by atoms with Gasteiger partial charge >= 0.3 is 11.9 Å². The number of nitrogens with zero attached hydrogens (tertiary/aromatic N) is 1. The van der Waals surface area contributed by atoms with E-state index in [9.17, 15) is 9.59 Å². The summed E-state index contributed by atoms with van der Waals surface area (Å²) in [4.78, 5) is 27.1. The molecule has 0 bridgehead atoms. The van der Waals surface area contributed by atoms with Crippen molar-refractivity contribution in [3.8, 4) is 0 Å². The average molecular weight is 291 g/mol. The molecule has 0 saturated heterocycles. The fourth-order valence-electron chi connectivity index (χ4n) is 1.72. The van der Waals surface area contributed by atoms with Crippen molar-refractivity contribution in [2.45, 2.75) is 11.3 Å². The monoisotopic (exact) mass is 291 g/mol. The number of ether oxygens (including phenoxy) is 1. The molecule has 1 aromatic heterocycles. The van der Waals surface area contributed by atoms with Crippen molar-refractivity contribution >= 4 is 34.6 Å². The minimum absolute atomic E-state index is 0.00395. The van der Waals surface area contributed by atoms with E-state index >= 15 is 0 Å². The molecule has 0 atom stereocenters. The number of hydrogen-bond donors (Lipinski definition) is 1. The molecule has 0 radical (unpaired) electrons. The van der Waals surface area contributed by atoms with Crippen molar-refractivity contribution < 1.29 is 19.4 Å². The van der Waals surface area contributed by atoms with Crippen LogP contribution in [0, 0.1) is 0 Å². The van der Waals surface area contributed by atoms with Crippen molar-refractivity contribution in [3.05, 3.63) is 36.0 Å². The second kappa shape index (κ2) is 6.38. The average Bonchev–Trinajstić information content (AvgIpc) is 2.46. The maximum Gasteiger partial charge on any atom is 0.354 e. The van der Waals surface area contributed by atoms with Gasteiger partial charge in [-0.3, -0.25) is 4.79 Å². The zero-order chi connectivity index (χ0) is 14.5. The number of para-hydroxylation sites is 1. The van der Waals surface area contributed by atoms with Crippen LogP contribution in [0.4, 0.5) is 0 Å². The molecular weight excluding hydrogens is 278 g/mol. The summed E-state index contributed by atoms with van der Waals surface area (Å²) in [7, 11) is 1.34. The molecule has 2 rings (SSSR count). The lowest BCUT2D eigenvalue weighted by Gasteiger charge is -2.07. The van der Waals surface area contributed by atoms with Crippen LogP contribution in [0.25, 0.3) is 10.9 Å². The number of hydrogen-bond acceptors (Lipinski definition) is 5. The van der Waals surface area contributed by atoms with E-state index < -0.39 is 5.97 Å². The third kappa shape index (κ3) is 3.27. The number of thioether (sulfide) groups is 1. The fraction of sp³-hybridized carbons (Fsp3) is 0.214. The molecule has 0 amide bonds. The lowest BCUT2D eigenvalue weighted by Crippen LogP contribution is -2.03. The standard InChI is InChI=1S/C14H13NO4S/c1-19-13(16)6-7-20-12-8-11(14(17)18)15-10-5-3-2-4-9(10)12/h2-5,8H,6-7H2,1H3,(H,17,18). The second-order valence-electron chi connectivity index (χ2n) is 4.00. The predicted octanol–water partition coefficient (Wildman–Crippen LogP) is 2.59. The number of benzene rings is 1. The van der Waals surface area contributed by atoms with Crippen LogP contribution >= 0.6 is 11.8 Å². The molecule has 1 aromatic carbocycles. The van der Waals surface area contributed by atoms with E-state index in [-0.39, 0.29) is 18.1 Å². The fourth-order valence-corrected chi connectivity index (χ4v) is 2.73. The molecular formula is C14H13NO4S. The second-order valence-corrected chi connectivity index (χ2v) is 5.14. The first-order valence-electron chi connectivity index (χ1n) is 5.94. The third-order valence-corrected chi connectivity index (χ3v) is 3.75. The quantitative estimate of drug-likeness (QED) is 0.674. The molecule has 0 aliphatic heterocycles. The van der Waals surface area contributed by atoms with Crippen molar-refractivity contribution in [1.82, 2.24) is 4.98 Å². The van der Waals surface area contributed by atoms with E-state index in [1.165, 1.54) is 24.9 Å². The van der Waals surface area contributed by atoms with E-state index in [1.54, 1.807) is 6.07 Å². The Morgan fingerprint density at radius 2 is 2.10 bits per heavy atom. The topological polar surface area (TPSA) is 76.5 Å². The molecule has 2 aromatic rings. The zero-order valence-corrected chi connectivity index (χ0v) is 11.6. The molecule has 0 spiro atoms. The summed E-state index contributed by atoms with van der Waals surface area (Å²) < 4.78 is 4.58. The lowest BCUT2D eigenvalue weighted by atomic mass is 10.2. The van der Waals surface area contributed by atoms with Crippen molar-refractivity contribution in [1.29, 1.82) is 0 Å². The van der Waals surface area contributed by atoms with Gasteiger partial charge in [-0.2, -0.15) is 0 Å². The predicted molar refractivity (Wildman–Crippen MR) is 76.1 cm³/mol. The number of rotatable bonds is 5. The summed E-state index contributed by atoms with van der Waals surface area (Å²) >= 11 is 1.42. The Bertz CT molecular complexity index is 657. The summed E-state index contributed by atoms with van der Waals surface area (Å²) in [6, 6.07) is 8.87. The number of pyridine rings is 1. The maximum absolute atomic E-state index is 11.1. The van der Waals surface area contributed by atoms with E-state index in [0.29, 0.717) is 11.3 Å². The first kappa shape index (κ1) is 14.3. The van der Waals surface area contributed by atoms with Gasteiger partial charge in [0.15, 0.2) is 0 Å². The van der Waals surface area contributed by atoms with E-state index in [0.717, 1.165) is 10.3 Å². The normalized spacial score (nSPS) is 10.4. The number of carboxylic acid groups (broad SMARTS) is 1. The van der Waals surface area contributed by atoms with Crippen LogP contribution in [0.15, 0.2) is 35.2 Å². The molecule has 1 N–H and O–H groups in total. The van der Waals surface area contributed by atoms with Gasteiger partial charge in [0, 0.05) is 16.0 Å². The molecule has 0 fully saturated rings. The molecule has 6 heteroatoms. The van der Waals surface area contributed by atoms with Crippen LogP contribution in [0.3, 0.4) is 0 Å². The van der Waals surface area contributed by atoms with Gasteiger partial charge in [0.05, 0.1) is 19.0 Å². The highest BCUT2D eigenvalue weighted by molar-refractivity contribution is 7.99. The Morgan fingerprint density at radius 3 is 2.80 bits per heavy atom. The van der Waals surface area contributed by atoms with Crippen LogP contribution in [0.5, 0.6) is 0 Å². The zero-order valence-electron chi connectivity index (χ0n) is 10.8. The Balaban J connectivity index is 2.30. The largest absolute Gasteiger partial charge is 0.477 e. The molecule has 0 aliphatic rings. The summed E-state index contributed by atoms with van der Waals surface area (Å²) in [6.45, 7) is 0. The van der Waals surface area contributed by atoms with Gasteiger partial charge in [0.1, 0.15) is 5.69 Å². The van der Waals surface area contributed by atoms with E-state index in [1.807, 2.05) is 18.2 Å². The highest BCUT2D eigenvalue weighted by atomic mass is 32.2. The maximum atomic E-state index is 11.1. The van der Waals surface area contributed by atoms with Gasteiger partial charge in [0.2, 0.25) is 0 Å². The number of carboxylic acids is 1. The van der Waals surface area contributed by atoms with Gasteiger partial charge in [0.25, 0.3) is 0 Å². The molecule has 1 heterocycles. The highest BCUT2D eigenvalue weighted by Crippen LogP contribution is 2.28. The number of aromatic carboxylic acids is 1.